The van der Waals surface area contributed by atoms with Gasteiger partial charge < -0.3 is 53.2 Å². The van der Waals surface area contributed by atoms with Crippen molar-refractivity contribution in [3.8, 4) is 0 Å². The summed E-state index contributed by atoms with van der Waals surface area (Å²) in [6.07, 6.45) is -5.92. The second-order valence-corrected chi connectivity index (χ2v) is 20.1. The van der Waals surface area contributed by atoms with Crippen molar-refractivity contribution in [3.63, 3.8) is 0 Å². The molecule has 0 bridgehead atoms. The number of carbonyl (C=O) groups is 2. The van der Waals surface area contributed by atoms with Crippen molar-refractivity contribution in [2.45, 2.75) is 221 Å². The molecule has 6 fully saturated rings. The van der Waals surface area contributed by atoms with Gasteiger partial charge in [-0.15, -0.1) is 0 Å². The number of benzene rings is 1. The number of ether oxygens (including phenoxy) is 8. The number of alkyl halides is 3. The molecule has 18 atom stereocenters. The van der Waals surface area contributed by atoms with Gasteiger partial charge in [-0.25, -0.2) is 4.79 Å². The molecular weight excluding hydrogens is 854 g/mol. The van der Waals surface area contributed by atoms with Gasteiger partial charge in [0.1, 0.15) is 24.6 Å². The molecule has 0 spiro atoms. The standard InChI is InChI=1S/C49H69F3O13/c1-27(28(2)19-22-53)13-12-16-34-29(3)41(56)43-37(60-34)25-40-46(6,65-43)21-18-38(55)47(7,64-40)26-32-23-33(54)42-35(59-32)17-20-45(5)39(62-42)24-36(30(4)63-45)61-44(57)48(58-8,49(50,51)52)31-14-10-9-11-15-31/h9-11,13-15,19,22,29-30,32-43,54-56H,12,16-18,20-21,23-26H2,1-8H3/b27-13+,28-19+/t29-,30-,32-,33+,34+,35-,36+,37-,38+,39-,40+,41+,42+,43-,45+,46-,47-,48+/m1/s1. The second-order valence-electron chi connectivity index (χ2n) is 20.1. The lowest BCUT2D eigenvalue weighted by atomic mass is 9.78. The molecule has 65 heavy (non-hydrogen) atoms. The first-order chi connectivity index (χ1) is 30.6. The summed E-state index contributed by atoms with van der Waals surface area (Å²) < 4.78 is 94.8. The average molecular weight is 923 g/mol. The van der Waals surface area contributed by atoms with Crippen LogP contribution in [0.1, 0.15) is 118 Å². The Balaban J connectivity index is 1.01. The zero-order valence-corrected chi connectivity index (χ0v) is 38.8. The smallest absolute Gasteiger partial charge is 0.432 e. The summed E-state index contributed by atoms with van der Waals surface area (Å²) in [5, 5.41) is 35.1. The van der Waals surface area contributed by atoms with Crippen LogP contribution >= 0.6 is 0 Å². The van der Waals surface area contributed by atoms with Gasteiger partial charge in [-0.1, -0.05) is 48.9 Å². The van der Waals surface area contributed by atoms with E-state index in [4.69, 9.17) is 37.9 Å². The lowest BCUT2D eigenvalue weighted by Gasteiger charge is -2.54. The quantitative estimate of drug-likeness (QED) is 0.0953. The van der Waals surface area contributed by atoms with E-state index in [0.717, 1.165) is 36.7 Å². The van der Waals surface area contributed by atoms with Gasteiger partial charge in [0.05, 0.1) is 77.8 Å². The minimum Gasteiger partial charge on any atom is -0.457 e. The molecule has 13 nitrogen and oxygen atoms in total. The van der Waals surface area contributed by atoms with E-state index < -0.39 is 113 Å². The number of aldehydes is 1. The average Bonchev–Trinajstić information content (AvgIpc) is 3.44. The first kappa shape index (κ1) is 50.1. The number of halogens is 3. The Kier molecular flexibility index (Phi) is 14.9. The molecule has 16 heteroatoms. The Morgan fingerprint density at radius 3 is 2.23 bits per heavy atom. The van der Waals surface area contributed by atoms with Gasteiger partial charge in [-0.05, 0) is 91.7 Å². The lowest BCUT2D eigenvalue weighted by Crippen LogP contribution is -2.65. The minimum atomic E-state index is -5.15. The Morgan fingerprint density at radius 2 is 1.55 bits per heavy atom. The zero-order chi connectivity index (χ0) is 47.3. The van der Waals surface area contributed by atoms with Crippen molar-refractivity contribution in [1.29, 1.82) is 0 Å². The summed E-state index contributed by atoms with van der Waals surface area (Å²) in [5.74, 6) is -1.81. The molecule has 7 rings (SSSR count). The van der Waals surface area contributed by atoms with Crippen LogP contribution in [-0.2, 0) is 53.1 Å². The maximum Gasteiger partial charge on any atom is 0.432 e. The van der Waals surface area contributed by atoms with Gasteiger partial charge in [0.2, 0.25) is 0 Å². The molecule has 0 amide bonds. The number of methoxy groups -OCH3 is 1. The number of aliphatic hydroxyl groups excluding tert-OH is 3. The van der Waals surface area contributed by atoms with Crippen LogP contribution in [0.3, 0.4) is 0 Å². The van der Waals surface area contributed by atoms with Crippen LogP contribution in [-0.4, -0.2) is 137 Å². The van der Waals surface area contributed by atoms with E-state index in [1.807, 2.05) is 41.5 Å². The largest absolute Gasteiger partial charge is 0.457 e. The van der Waals surface area contributed by atoms with Gasteiger partial charge in [-0.2, -0.15) is 13.2 Å². The van der Waals surface area contributed by atoms with Crippen LogP contribution in [0.2, 0.25) is 0 Å². The number of fused-ring (bicyclic) bond motifs is 4. The highest BCUT2D eigenvalue weighted by molar-refractivity contribution is 5.83. The first-order valence-corrected chi connectivity index (χ1v) is 23.3. The van der Waals surface area contributed by atoms with E-state index in [0.29, 0.717) is 44.9 Å². The highest BCUT2D eigenvalue weighted by Crippen LogP contribution is 2.50. The van der Waals surface area contributed by atoms with Crippen LogP contribution in [0.15, 0.2) is 53.6 Å². The van der Waals surface area contributed by atoms with E-state index in [-0.39, 0.29) is 31.3 Å². The number of aliphatic hydroxyl groups is 3. The number of carbonyl (C=O) groups excluding carboxylic acids is 2. The fourth-order valence-electron chi connectivity index (χ4n) is 11.3. The molecule has 3 N–H and O–H groups in total. The monoisotopic (exact) mass is 922 g/mol. The van der Waals surface area contributed by atoms with E-state index in [1.165, 1.54) is 24.3 Å². The number of allylic oxidation sites excluding steroid dienone is 4. The van der Waals surface area contributed by atoms with Gasteiger partial charge in [0, 0.05) is 44.3 Å². The first-order valence-electron chi connectivity index (χ1n) is 23.3. The Labute approximate surface area is 380 Å². The van der Waals surface area contributed by atoms with Crippen molar-refractivity contribution in [2.24, 2.45) is 5.92 Å². The van der Waals surface area contributed by atoms with Crippen LogP contribution in [0.5, 0.6) is 0 Å². The predicted octanol–water partition coefficient (Wildman–Crippen LogP) is 6.51. The third kappa shape index (κ3) is 9.78. The maximum absolute atomic E-state index is 14.7. The SMILES string of the molecule is CO[C@](C(=O)O[C@H]1C[C@H]2O[C@H]3[C@@H](O)C[C@H](C[C@@]4(C)O[C@H]5C[C@H]6O[C@@H](CC/C=C(C)/C(C)=C/C=O)[C@@H](C)[C@H](O)[C@@H]6O[C@]5(C)CC[C@@H]4O)O[C@@H]3CC[C@]2(C)O[C@@H]1C)(c1ccccc1)C(F)(F)F. The van der Waals surface area contributed by atoms with Crippen LogP contribution in [0.4, 0.5) is 13.2 Å². The van der Waals surface area contributed by atoms with Crippen LogP contribution in [0.25, 0.3) is 0 Å². The highest BCUT2D eigenvalue weighted by Gasteiger charge is 2.65. The molecule has 0 saturated carbocycles. The van der Waals surface area contributed by atoms with Gasteiger partial charge in [0.15, 0.2) is 0 Å². The van der Waals surface area contributed by atoms with Crippen molar-refractivity contribution in [3.05, 3.63) is 59.2 Å². The molecule has 6 heterocycles. The van der Waals surface area contributed by atoms with E-state index in [9.17, 15) is 38.1 Å². The molecule has 0 unspecified atom stereocenters. The molecule has 0 aromatic heterocycles. The summed E-state index contributed by atoms with van der Waals surface area (Å²) in [6.45, 7) is 13.1. The zero-order valence-electron chi connectivity index (χ0n) is 38.8. The Morgan fingerprint density at radius 1 is 0.862 bits per heavy atom. The summed E-state index contributed by atoms with van der Waals surface area (Å²) in [7, 11) is 0.820. The molecule has 0 aliphatic carbocycles. The molecule has 6 saturated heterocycles. The molecule has 1 aromatic carbocycles. The van der Waals surface area contributed by atoms with Gasteiger partial charge >= 0.3 is 12.1 Å². The van der Waals surface area contributed by atoms with Crippen molar-refractivity contribution in [1.82, 2.24) is 0 Å². The van der Waals surface area contributed by atoms with Gasteiger partial charge in [-0.3, -0.25) is 4.79 Å². The number of hydrogen-bond donors (Lipinski definition) is 3. The molecule has 6 aliphatic rings. The van der Waals surface area contributed by atoms with Crippen LogP contribution < -0.4 is 0 Å². The third-order valence-electron chi connectivity index (χ3n) is 15.6. The van der Waals surface area contributed by atoms with E-state index in [1.54, 1.807) is 6.92 Å². The van der Waals surface area contributed by atoms with Crippen molar-refractivity contribution >= 4 is 12.3 Å². The summed E-state index contributed by atoms with van der Waals surface area (Å²) in [6, 6.07) is 6.63. The maximum atomic E-state index is 14.7. The third-order valence-corrected chi connectivity index (χ3v) is 15.6. The normalized spacial score (nSPS) is 43.6. The summed E-state index contributed by atoms with van der Waals surface area (Å²) in [4.78, 5) is 24.6. The minimum absolute atomic E-state index is 0.00823. The molecular formula is C49H69F3O13. The van der Waals surface area contributed by atoms with E-state index in [2.05, 4.69) is 6.08 Å². The predicted molar refractivity (Wildman–Crippen MR) is 229 cm³/mol. The Hall–Kier alpha value is -2.77. The molecule has 0 radical (unpaired) electrons. The van der Waals surface area contributed by atoms with E-state index >= 15 is 0 Å². The topological polar surface area (TPSA) is 169 Å². The summed E-state index contributed by atoms with van der Waals surface area (Å²) >= 11 is 0. The number of hydrogen-bond acceptors (Lipinski definition) is 13. The molecule has 6 aliphatic heterocycles. The van der Waals surface area contributed by atoms with Gasteiger partial charge in [0.25, 0.3) is 5.60 Å². The van der Waals surface area contributed by atoms with Crippen LogP contribution in [0, 0.1) is 5.92 Å². The molecule has 364 valence electrons. The second kappa shape index (κ2) is 19.3. The lowest BCUT2D eigenvalue weighted by molar-refractivity contribution is -0.312. The molecule has 1 aromatic rings. The van der Waals surface area contributed by atoms with Crippen molar-refractivity contribution < 1.29 is 76.0 Å². The summed E-state index contributed by atoms with van der Waals surface area (Å²) in [5.41, 5.74) is -4.75. The van der Waals surface area contributed by atoms with Crippen molar-refractivity contribution in [2.75, 3.05) is 7.11 Å². The fraction of sp³-hybridized carbons (Fsp3) is 0.755. The number of esters is 1. The fourth-order valence-corrected chi connectivity index (χ4v) is 11.3. The Bertz CT molecular complexity index is 1900. The number of rotatable bonds is 11. The highest BCUT2D eigenvalue weighted by atomic mass is 19.4.